The number of nitrogens with two attached hydrogens (primary N) is 1. The molecule has 0 bridgehead atoms. The number of thiophene rings is 1. The van der Waals surface area contributed by atoms with Crippen LogP contribution in [0.3, 0.4) is 0 Å². The van der Waals surface area contributed by atoms with Crippen LogP contribution >= 0.6 is 34.5 Å². The molecule has 0 aliphatic carbocycles. The fourth-order valence-corrected chi connectivity index (χ4v) is 3.10. The van der Waals surface area contributed by atoms with E-state index < -0.39 is 0 Å². The fraction of sp³-hybridized carbons (Fsp3) is 0.333. The Bertz CT molecular complexity index is 571. The fourth-order valence-electron chi connectivity index (χ4n) is 1.86. The zero-order valence-electron chi connectivity index (χ0n) is 11.2. The smallest absolute Gasteiger partial charge is 0.124 e. The van der Waals surface area contributed by atoms with Crippen LogP contribution in [0.5, 0.6) is 5.75 Å². The van der Waals surface area contributed by atoms with Crippen molar-refractivity contribution in [3.05, 3.63) is 50.1 Å². The molecule has 1 atom stereocenters. The van der Waals surface area contributed by atoms with Crippen LogP contribution in [0.4, 0.5) is 0 Å². The van der Waals surface area contributed by atoms with Gasteiger partial charge in [-0.1, -0.05) is 36.2 Å². The molecular weight excluding hydrogens is 313 g/mol. The van der Waals surface area contributed by atoms with Gasteiger partial charge in [0.05, 0.1) is 4.34 Å². The molecule has 108 valence electrons. The number of hydrogen-bond acceptors (Lipinski definition) is 3. The first-order valence-corrected chi connectivity index (χ1v) is 8.07. The van der Waals surface area contributed by atoms with Crippen molar-refractivity contribution in [2.75, 3.05) is 0 Å². The maximum Gasteiger partial charge on any atom is 0.124 e. The number of halogens is 2. The molecule has 1 heterocycles. The topological polar surface area (TPSA) is 35.2 Å². The Labute approximate surface area is 133 Å². The van der Waals surface area contributed by atoms with Gasteiger partial charge in [-0.05, 0) is 37.1 Å². The zero-order chi connectivity index (χ0) is 14.5. The molecule has 0 spiro atoms. The second-order valence-corrected chi connectivity index (χ2v) is 6.79. The van der Waals surface area contributed by atoms with Crippen molar-refractivity contribution in [2.45, 2.75) is 32.4 Å². The van der Waals surface area contributed by atoms with Gasteiger partial charge in [-0.2, -0.15) is 0 Å². The van der Waals surface area contributed by atoms with Gasteiger partial charge in [0.1, 0.15) is 12.4 Å². The van der Waals surface area contributed by atoms with Crippen LogP contribution < -0.4 is 10.5 Å². The molecule has 2 nitrogen and oxygen atoms in total. The summed E-state index contributed by atoms with van der Waals surface area (Å²) in [6.45, 7) is 2.56. The Kier molecular flexibility index (Phi) is 5.73. The average Bonchev–Trinajstić information content (AvgIpc) is 2.85. The highest BCUT2D eigenvalue weighted by Crippen LogP contribution is 2.29. The summed E-state index contributed by atoms with van der Waals surface area (Å²) in [5.41, 5.74) is 7.00. The number of rotatable bonds is 6. The molecule has 0 amide bonds. The van der Waals surface area contributed by atoms with Crippen LogP contribution in [-0.4, -0.2) is 6.04 Å². The summed E-state index contributed by atoms with van der Waals surface area (Å²) in [5, 5.41) is 0.704. The van der Waals surface area contributed by atoms with E-state index in [0.717, 1.165) is 33.4 Å². The maximum atomic E-state index is 6.26. The van der Waals surface area contributed by atoms with Gasteiger partial charge >= 0.3 is 0 Å². The largest absolute Gasteiger partial charge is 0.488 e. The Morgan fingerprint density at radius 3 is 2.70 bits per heavy atom. The molecule has 2 aromatic rings. The van der Waals surface area contributed by atoms with Crippen LogP contribution in [0.25, 0.3) is 0 Å². The first-order chi connectivity index (χ1) is 9.60. The van der Waals surface area contributed by atoms with Gasteiger partial charge < -0.3 is 10.5 Å². The van der Waals surface area contributed by atoms with E-state index in [1.807, 2.05) is 30.3 Å². The number of benzene rings is 1. The SMILES string of the molecule is CCC(N)Cc1c(Cl)cccc1OCc1ccc(Cl)s1. The van der Waals surface area contributed by atoms with Crippen LogP contribution in [0.1, 0.15) is 23.8 Å². The highest BCUT2D eigenvalue weighted by Gasteiger charge is 2.12. The predicted molar refractivity (Wildman–Crippen MR) is 87.1 cm³/mol. The highest BCUT2D eigenvalue weighted by molar-refractivity contribution is 7.16. The van der Waals surface area contributed by atoms with E-state index in [2.05, 4.69) is 6.92 Å². The number of ether oxygens (including phenoxy) is 1. The molecule has 0 saturated carbocycles. The van der Waals surface area contributed by atoms with Crippen molar-refractivity contribution < 1.29 is 4.74 Å². The first kappa shape index (κ1) is 15.6. The molecule has 5 heteroatoms. The Morgan fingerprint density at radius 2 is 2.05 bits per heavy atom. The number of hydrogen-bond donors (Lipinski definition) is 1. The molecule has 1 aromatic carbocycles. The van der Waals surface area contributed by atoms with Crippen molar-refractivity contribution in [1.29, 1.82) is 0 Å². The van der Waals surface area contributed by atoms with Crippen LogP contribution in [-0.2, 0) is 13.0 Å². The lowest BCUT2D eigenvalue weighted by molar-refractivity contribution is 0.305. The summed E-state index contributed by atoms with van der Waals surface area (Å²) in [6, 6.07) is 9.62. The van der Waals surface area contributed by atoms with E-state index in [1.54, 1.807) is 0 Å². The second kappa shape index (κ2) is 7.32. The quantitative estimate of drug-likeness (QED) is 0.816. The third-order valence-electron chi connectivity index (χ3n) is 3.07. The summed E-state index contributed by atoms with van der Waals surface area (Å²) in [4.78, 5) is 1.08. The molecule has 0 radical (unpaired) electrons. The van der Waals surface area contributed by atoms with Gasteiger partial charge in [0.2, 0.25) is 0 Å². The molecule has 2 rings (SSSR count). The lowest BCUT2D eigenvalue weighted by Crippen LogP contribution is -2.22. The minimum atomic E-state index is 0.0911. The van der Waals surface area contributed by atoms with Crippen molar-refractivity contribution >= 4 is 34.5 Å². The third-order valence-corrected chi connectivity index (χ3v) is 4.62. The molecule has 2 N–H and O–H groups in total. The lowest BCUT2D eigenvalue weighted by Gasteiger charge is -2.15. The van der Waals surface area contributed by atoms with E-state index in [9.17, 15) is 0 Å². The molecule has 0 aliphatic heterocycles. The highest BCUT2D eigenvalue weighted by atomic mass is 35.5. The molecule has 0 aliphatic rings. The second-order valence-electron chi connectivity index (χ2n) is 4.58. The molecule has 20 heavy (non-hydrogen) atoms. The van der Waals surface area contributed by atoms with Crippen molar-refractivity contribution in [3.63, 3.8) is 0 Å². The Morgan fingerprint density at radius 1 is 1.25 bits per heavy atom. The van der Waals surface area contributed by atoms with Crippen LogP contribution in [0, 0.1) is 0 Å². The maximum absolute atomic E-state index is 6.26. The van der Waals surface area contributed by atoms with Crippen LogP contribution in [0.2, 0.25) is 9.36 Å². The summed E-state index contributed by atoms with van der Waals surface area (Å²) in [5.74, 6) is 0.797. The summed E-state index contributed by atoms with van der Waals surface area (Å²) >= 11 is 13.7. The van der Waals surface area contributed by atoms with Gasteiger partial charge in [0, 0.05) is 21.5 Å². The molecule has 0 fully saturated rings. The van der Waals surface area contributed by atoms with Crippen LogP contribution in [0.15, 0.2) is 30.3 Å². The van der Waals surface area contributed by atoms with Gasteiger partial charge in [-0.15, -0.1) is 11.3 Å². The van der Waals surface area contributed by atoms with Gasteiger partial charge in [0.25, 0.3) is 0 Å². The molecule has 1 aromatic heterocycles. The first-order valence-electron chi connectivity index (χ1n) is 6.50. The summed E-state index contributed by atoms with van der Waals surface area (Å²) < 4.78 is 6.64. The van der Waals surface area contributed by atoms with Gasteiger partial charge in [-0.3, -0.25) is 0 Å². The van der Waals surface area contributed by atoms with E-state index in [-0.39, 0.29) is 6.04 Å². The van der Waals surface area contributed by atoms with Gasteiger partial charge in [0.15, 0.2) is 0 Å². The Balaban J connectivity index is 2.12. The van der Waals surface area contributed by atoms with E-state index in [4.69, 9.17) is 33.7 Å². The third kappa shape index (κ3) is 4.13. The minimum Gasteiger partial charge on any atom is -0.488 e. The monoisotopic (exact) mass is 329 g/mol. The predicted octanol–water partition coefficient (Wildman–Crippen LogP) is 4.91. The molecular formula is C15H17Cl2NOS. The Hall–Kier alpha value is -0.740. The van der Waals surface area contributed by atoms with Gasteiger partial charge in [-0.25, -0.2) is 0 Å². The lowest BCUT2D eigenvalue weighted by atomic mass is 10.0. The van der Waals surface area contributed by atoms with Crippen molar-refractivity contribution in [1.82, 2.24) is 0 Å². The van der Waals surface area contributed by atoms with Crippen molar-refractivity contribution in [3.8, 4) is 5.75 Å². The standard InChI is InChI=1S/C15H17Cl2NOS/c1-2-10(18)8-12-13(16)4-3-5-14(12)19-9-11-6-7-15(17)20-11/h3-7,10H,2,8-9,18H2,1H3. The zero-order valence-corrected chi connectivity index (χ0v) is 13.6. The minimum absolute atomic E-state index is 0.0911. The van der Waals surface area contributed by atoms with Crippen molar-refractivity contribution in [2.24, 2.45) is 5.73 Å². The van der Waals surface area contributed by atoms with E-state index >= 15 is 0 Å². The average molecular weight is 330 g/mol. The van der Waals surface area contributed by atoms with E-state index in [0.29, 0.717) is 11.6 Å². The molecule has 0 saturated heterocycles. The van der Waals surface area contributed by atoms with E-state index in [1.165, 1.54) is 11.3 Å². The summed E-state index contributed by atoms with van der Waals surface area (Å²) in [7, 11) is 0. The molecule has 1 unspecified atom stereocenters. The summed E-state index contributed by atoms with van der Waals surface area (Å²) in [6.07, 6.45) is 1.63. The normalized spacial score (nSPS) is 12.4.